The third-order valence-electron chi connectivity index (χ3n) is 3.13. The molecule has 0 radical (unpaired) electrons. The zero-order valence-corrected chi connectivity index (χ0v) is 10.8. The lowest BCUT2D eigenvalue weighted by atomic mass is 10.1. The molecule has 18 heavy (non-hydrogen) atoms. The Morgan fingerprint density at radius 2 is 1.94 bits per heavy atom. The van der Waals surface area contributed by atoms with Gasteiger partial charge in [-0.3, -0.25) is 9.59 Å². The number of hydrogen-bond donors (Lipinski definition) is 1. The normalized spacial score (nSPS) is 15.9. The number of carbonyl (C=O) groups excluding carboxylic acids is 2. The summed E-state index contributed by atoms with van der Waals surface area (Å²) in [4.78, 5) is 23.4. The summed E-state index contributed by atoms with van der Waals surface area (Å²) in [5.41, 5.74) is -0.00493. The molecule has 96 valence electrons. The van der Waals surface area contributed by atoms with Crippen molar-refractivity contribution in [1.29, 1.82) is 0 Å². The summed E-state index contributed by atoms with van der Waals surface area (Å²) >= 11 is 5.77. The smallest absolute Gasteiger partial charge is 0.321 e. The minimum absolute atomic E-state index is 0.260. The fraction of sp³-hybridized carbons (Fsp3) is 0.385. The Morgan fingerprint density at radius 1 is 1.33 bits per heavy atom. The minimum atomic E-state index is -0.943. The van der Waals surface area contributed by atoms with Gasteiger partial charge in [0.1, 0.15) is 5.41 Å². The number of hydrogen-bond acceptors (Lipinski definition) is 3. The van der Waals surface area contributed by atoms with Gasteiger partial charge < -0.3 is 10.1 Å². The minimum Gasteiger partial charge on any atom is -0.468 e. The van der Waals surface area contributed by atoms with E-state index in [4.69, 9.17) is 11.6 Å². The van der Waals surface area contributed by atoms with Crippen LogP contribution in [0.1, 0.15) is 18.4 Å². The Bertz CT molecular complexity index is 466. The van der Waals surface area contributed by atoms with E-state index in [0.29, 0.717) is 24.4 Å². The molecule has 0 atom stereocenters. The summed E-state index contributed by atoms with van der Waals surface area (Å²) in [7, 11) is 1.30. The van der Waals surface area contributed by atoms with Crippen LogP contribution < -0.4 is 5.32 Å². The van der Waals surface area contributed by atoms with Crippen LogP contribution in [0, 0.1) is 5.41 Å². The number of carbonyl (C=O) groups is 2. The van der Waals surface area contributed by atoms with Crippen molar-refractivity contribution < 1.29 is 14.3 Å². The van der Waals surface area contributed by atoms with Gasteiger partial charge in [0, 0.05) is 11.6 Å². The van der Waals surface area contributed by atoms with Gasteiger partial charge in [-0.15, -0.1) is 0 Å². The summed E-state index contributed by atoms with van der Waals surface area (Å²) < 4.78 is 4.65. The van der Waals surface area contributed by atoms with Crippen molar-refractivity contribution >= 4 is 23.5 Å². The van der Waals surface area contributed by atoms with Gasteiger partial charge >= 0.3 is 5.97 Å². The number of ether oxygens (including phenoxy) is 1. The van der Waals surface area contributed by atoms with Crippen molar-refractivity contribution in [3.8, 4) is 0 Å². The van der Waals surface area contributed by atoms with Gasteiger partial charge in [0.2, 0.25) is 5.91 Å². The average Bonchev–Trinajstić information content (AvgIpc) is 3.18. The SMILES string of the molecule is COC(=O)C1(C(=O)NCc2ccc(Cl)cc2)CC1. The molecule has 1 saturated carbocycles. The summed E-state index contributed by atoms with van der Waals surface area (Å²) in [5, 5.41) is 3.40. The van der Waals surface area contributed by atoms with Crippen LogP contribution in [-0.2, 0) is 20.9 Å². The fourth-order valence-electron chi connectivity index (χ4n) is 1.80. The first-order chi connectivity index (χ1) is 8.58. The highest BCUT2D eigenvalue weighted by Crippen LogP contribution is 2.46. The highest BCUT2D eigenvalue weighted by atomic mass is 35.5. The highest BCUT2D eigenvalue weighted by Gasteiger charge is 2.57. The van der Waals surface area contributed by atoms with Crippen LogP contribution in [0.15, 0.2) is 24.3 Å². The predicted molar refractivity (Wildman–Crippen MR) is 67.0 cm³/mol. The molecule has 0 saturated heterocycles. The number of rotatable bonds is 4. The molecule has 1 amide bonds. The summed E-state index contributed by atoms with van der Waals surface area (Å²) in [5.74, 6) is -0.708. The summed E-state index contributed by atoms with van der Waals surface area (Å²) in [6, 6.07) is 7.19. The first kappa shape index (κ1) is 12.9. The molecule has 1 fully saturated rings. The molecule has 4 nitrogen and oxygen atoms in total. The maximum Gasteiger partial charge on any atom is 0.321 e. The van der Waals surface area contributed by atoms with Gasteiger partial charge in [0.15, 0.2) is 0 Å². The van der Waals surface area contributed by atoms with E-state index in [2.05, 4.69) is 10.1 Å². The van der Waals surface area contributed by atoms with Crippen LogP contribution in [0.25, 0.3) is 0 Å². The van der Waals surface area contributed by atoms with Gasteiger partial charge in [-0.25, -0.2) is 0 Å². The molecule has 1 aromatic rings. The van der Waals surface area contributed by atoms with Gasteiger partial charge in [0.25, 0.3) is 0 Å². The van der Waals surface area contributed by atoms with E-state index in [-0.39, 0.29) is 5.91 Å². The molecule has 0 heterocycles. The van der Waals surface area contributed by atoms with Crippen LogP contribution in [0.2, 0.25) is 5.02 Å². The van der Waals surface area contributed by atoms with Crippen molar-refractivity contribution in [2.75, 3.05) is 7.11 Å². The van der Waals surface area contributed by atoms with Crippen molar-refractivity contribution in [1.82, 2.24) is 5.32 Å². The average molecular weight is 268 g/mol. The maximum atomic E-state index is 11.9. The Hall–Kier alpha value is -1.55. The zero-order valence-electron chi connectivity index (χ0n) is 10.0. The zero-order chi connectivity index (χ0) is 13.2. The van der Waals surface area contributed by atoms with Gasteiger partial charge in [-0.05, 0) is 30.5 Å². The number of esters is 1. The van der Waals surface area contributed by atoms with Gasteiger partial charge in [0.05, 0.1) is 7.11 Å². The first-order valence-electron chi connectivity index (χ1n) is 5.70. The third kappa shape index (κ3) is 2.48. The van der Waals surface area contributed by atoms with E-state index in [0.717, 1.165) is 5.56 Å². The molecule has 1 aliphatic rings. The first-order valence-corrected chi connectivity index (χ1v) is 6.07. The third-order valence-corrected chi connectivity index (χ3v) is 3.38. The molecule has 0 aromatic heterocycles. The molecule has 1 N–H and O–H groups in total. The van der Waals surface area contributed by atoms with Gasteiger partial charge in [-0.2, -0.15) is 0 Å². The number of halogens is 1. The molecule has 0 spiro atoms. The molecule has 1 aromatic carbocycles. The molecule has 0 bridgehead atoms. The van der Waals surface area contributed by atoms with E-state index < -0.39 is 11.4 Å². The van der Waals surface area contributed by atoms with E-state index in [9.17, 15) is 9.59 Å². The van der Waals surface area contributed by atoms with E-state index in [1.54, 1.807) is 12.1 Å². The standard InChI is InChI=1S/C13H14ClNO3/c1-18-12(17)13(6-7-13)11(16)15-8-9-2-4-10(14)5-3-9/h2-5H,6-8H2,1H3,(H,15,16). The van der Waals surface area contributed by atoms with Crippen molar-refractivity contribution in [3.63, 3.8) is 0 Å². The second kappa shape index (κ2) is 4.98. The lowest BCUT2D eigenvalue weighted by Gasteiger charge is -2.12. The van der Waals surface area contributed by atoms with Crippen LogP contribution in [-0.4, -0.2) is 19.0 Å². The van der Waals surface area contributed by atoms with E-state index in [1.807, 2.05) is 12.1 Å². The van der Waals surface area contributed by atoms with Crippen LogP contribution in [0.4, 0.5) is 0 Å². The fourth-order valence-corrected chi connectivity index (χ4v) is 1.92. The molecular weight excluding hydrogens is 254 g/mol. The van der Waals surface area contributed by atoms with Gasteiger partial charge in [-0.1, -0.05) is 23.7 Å². The largest absolute Gasteiger partial charge is 0.468 e. The quantitative estimate of drug-likeness (QED) is 0.670. The van der Waals surface area contributed by atoms with Crippen molar-refractivity contribution in [2.24, 2.45) is 5.41 Å². The Morgan fingerprint density at radius 3 is 2.44 bits per heavy atom. The number of nitrogens with one attached hydrogen (secondary N) is 1. The lowest BCUT2D eigenvalue weighted by molar-refractivity contribution is -0.152. The molecule has 0 unspecified atom stereocenters. The maximum absolute atomic E-state index is 11.9. The molecule has 2 rings (SSSR count). The van der Waals surface area contributed by atoms with Crippen LogP contribution in [0.5, 0.6) is 0 Å². The van der Waals surface area contributed by atoms with E-state index in [1.165, 1.54) is 7.11 Å². The predicted octanol–water partition coefficient (Wildman–Crippen LogP) is 1.91. The number of benzene rings is 1. The number of amides is 1. The second-order valence-corrected chi connectivity index (χ2v) is 4.82. The highest BCUT2D eigenvalue weighted by molar-refractivity contribution is 6.30. The second-order valence-electron chi connectivity index (χ2n) is 4.38. The monoisotopic (exact) mass is 267 g/mol. The Kier molecular flexibility index (Phi) is 3.57. The molecular formula is C13H14ClNO3. The molecule has 0 aliphatic heterocycles. The summed E-state index contributed by atoms with van der Waals surface area (Å²) in [6.07, 6.45) is 1.12. The van der Waals surface area contributed by atoms with Crippen LogP contribution >= 0.6 is 11.6 Å². The van der Waals surface area contributed by atoms with Crippen molar-refractivity contribution in [2.45, 2.75) is 19.4 Å². The van der Waals surface area contributed by atoms with Crippen LogP contribution in [0.3, 0.4) is 0 Å². The summed E-state index contributed by atoms with van der Waals surface area (Å²) in [6.45, 7) is 0.384. The van der Waals surface area contributed by atoms with E-state index >= 15 is 0 Å². The van der Waals surface area contributed by atoms with Crippen molar-refractivity contribution in [3.05, 3.63) is 34.9 Å². The Labute approximate surface area is 110 Å². The number of methoxy groups -OCH3 is 1. The Balaban J connectivity index is 1.93. The molecule has 1 aliphatic carbocycles. The topological polar surface area (TPSA) is 55.4 Å². The lowest BCUT2D eigenvalue weighted by Crippen LogP contribution is -2.37. The molecule has 5 heteroatoms.